The van der Waals surface area contributed by atoms with Gasteiger partial charge in [0.15, 0.2) is 5.13 Å². The molecule has 28 heavy (non-hydrogen) atoms. The third-order valence-electron chi connectivity index (χ3n) is 3.99. The summed E-state index contributed by atoms with van der Waals surface area (Å²) < 4.78 is 32.8. The maximum absolute atomic E-state index is 11.0. The van der Waals surface area contributed by atoms with E-state index in [9.17, 15) is 18.0 Å². The molecule has 1 aromatic heterocycles. The highest BCUT2D eigenvalue weighted by Gasteiger charge is 2.38. The molecule has 0 saturated carbocycles. The van der Waals surface area contributed by atoms with Gasteiger partial charge in [-0.25, -0.2) is 9.78 Å². The topological polar surface area (TPSA) is 90.7 Å². The minimum Gasteiger partial charge on any atom is -0.481 e. The predicted octanol–water partition coefficient (Wildman–Crippen LogP) is 4.51. The number of anilines is 1. The van der Waals surface area contributed by atoms with Gasteiger partial charge in [-0.3, -0.25) is 4.79 Å². The van der Waals surface area contributed by atoms with E-state index in [0.717, 1.165) is 34.0 Å². The van der Waals surface area contributed by atoms with Crippen LogP contribution < -0.4 is 4.90 Å². The molecule has 0 aliphatic carbocycles. The summed E-state index contributed by atoms with van der Waals surface area (Å²) in [6.07, 6.45) is -3.69. The summed E-state index contributed by atoms with van der Waals surface area (Å²) >= 11 is 5.05. The average Bonchev–Trinajstić information content (AvgIpc) is 3.12. The van der Waals surface area contributed by atoms with Crippen molar-refractivity contribution in [1.82, 2.24) is 4.98 Å². The van der Waals surface area contributed by atoms with E-state index in [4.69, 9.17) is 15.0 Å². The van der Waals surface area contributed by atoms with E-state index in [-0.39, 0.29) is 5.92 Å². The molecule has 1 aliphatic heterocycles. The Morgan fingerprint density at radius 3 is 2.14 bits per heavy atom. The Morgan fingerprint density at radius 2 is 1.68 bits per heavy atom. The molecule has 1 saturated heterocycles. The van der Waals surface area contributed by atoms with E-state index >= 15 is 0 Å². The van der Waals surface area contributed by atoms with Gasteiger partial charge in [0.2, 0.25) is 0 Å². The smallest absolute Gasteiger partial charge is 0.481 e. The van der Waals surface area contributed by atoms with E-state index in [2.05, 4.69) is 31.2 Å². The van der Waals surface area contributed by atoms with Crippen LogP contribution in [0, 0.1) is 5.92 Å². The molecule has 2 aromatic rings. The normalized spacial score (nSPS) is 14.9. The van der Waals surface area contributed by atoms with Crippen LogP contribution in [0.1, 0.15) is 12.8 Å². The fourth-order valence-corrected chi connectivity index (χ4v) is 3.63. The van der Waals surface area contributed by atoms with Crippen LogP contribution in [0.5, 0.6) is 0 Å². The summed E-state index contributed by atoms with van der Waals surface area (Å²) in [6.45, 7) is 1.54. The van der Waals surface area contributed by atoms with E-state index in [1.54, 1.807) is 11.3 Å². The Labute approximate surface area is 170 Å². The molecule has 2 heterocycles. The Bertz CT molecular complexity index is 819. The van der Waals surface area contributed by atoms with Gasteiger partial charge in [-0.05, 0) is 25.0 Å². The van der Waals surface area contributed by atoms with Crippen molar-refractivity contribution >= 4 is 44.3 Å². The first-order valence-electron chi connectivity index (χ1n) is 8.07. The van der Waals surface area contributed by atoms with Crippen molar-refractivity contribution in [2.24, 2.45) is 5.92 Å². The second kappa shape index (κ2) is 9.37. The van der Waals surface area contributed by atoms with Crippen LogP contribution in [0.15, 0.2) is 34.1 Å². The van der Waals surface area contributed by atoms with Gasteiger partial charge >= 0.3 is 18.1 Å². The Kier molecular flexibility index (Phi) is 7.41. The monoisotopic (exact) mass is 480 g/mol. The number of carboxylic acid groups (broad SMARTS) is 2. The van der Waals surface area contributed by atoms with Crippen molar-refractivity contribution in [2.45, 2.75) is 19.0 Å². The standard InChI is InChI=1S/C15H15BrN2O2S.C2HF3O2/c16-12-3-1-10(2-4-12)13-9-21-15(17-13)18-7-5-11(6-8-18)14(19)20;3-2(4,5)1(6)7/h1-4,9,11H,5-8H2,(H,19,20);(H,6,7). The van der Waals surface area contributed by atoms with Gasteiger partial charge < -0.3 is 15.1 Å². The van der Waals surface area contributed by atoms with Gasteiger partial charge in [-0.15, -0.1) is 11.3 Å². The third kappa shape index (κ3) is 6.20. The summed E-state index contributed by atoms with van der Waals surface area (Å²) in [5.41, 5.74) is 2.07. The van der Waals surface area contributed by atoms with Gasteiger partial charge in [0.1, 0.15) is 0 Å². The zero-order valence-corrected chi connectivity index (χ0v) is 16.7. The number of halogens is 4. The zero-order chi connectivity index (χ0) is 20.9. The number of rotatable bonds is 3. The molecule has 3 rings (SSSR count). The van der Waals surface area contributed by atoms with Crippen molar-refractivity contribution in [3.8, 4) is 11.3 Å². The number of alkyl halides is 3. The second-order valence-electron chi connectivity index (χ2n) is 5.92. The highest BCUT2D eigenvalue weighted by molar-refractivity contribution is 9.10. The molecule has 0 atom stereocenters. The van der Waals surface area contributed by atoms with E-state index in [1.807, 2.05) is 24.3 Å². The Hall–Kier alpha value is -2.14. The van der Waals surface area contributed by atoms with Crippen LogP contribution in [0.3, 0.4) is 0 Å². The second-order valence-corrected chi connectivity index (χ2v) is 7.68. The van der Waals surface area contributed by atoms with Crippen LogP contribution >= 0.6 is 27.3 Å². The Morgan fingerprint density at radius 1 is 1.14 bits per heavy atom. The van der Waals surface area contributed by atoms with Gasteiger partial charge in [0.25, 0.3) is 0 Å². The molecule has 1 aliphatic rings. The molecule has 0 radical (unpaired) electrons. The number of carboxylic acids is 2. The molecule has 152 valence electrons. The minimum absolute atomic E-state index is 0.202. The van der Waals surface area contributed by atoms with E-state index in [1.165, 1.54) is 0 Å². The maximum atomic E-state index is 11.0. The molecular formula is C17H16BrF3N2O4S. The van der Waals surface area contributed by atoms with Crippen LogP contribution in [-0.4, -0.2) is 46.4 Å². The van der Waals surface area contributed by atoms with Crippen LogP contribution in [-0.2, 0) is 9.59 Å². The first kappa shape index (κ1) is 22.2. The number of hydrogen-bond donors (Lipinski definition) is 2. The number of benzene rings is 1. The highest BCUT2D eigenvalue weighted by atomic mass is 79.9. The Balaban J connectivity index is 0.000000345. The maximum Gasteiger partial charge on any atom is 0.490 e. The van der Waals surface area contributed by atoms with Crippen molar-refractivity contribution in [2.75, 3.05) is 18.0 Å². The fraction of sp³-hybridized carbons (Fsp3) is 0.353. The lowest BCUT2D eigenvalue weighted by Gasteiger charge is -2.29. The zero-order valence-electron chi connectivity index (χ0n) is 14.3. The van der Waals surface area contributed by atoms with Crippen molar-refractivity contribution in [3.05, 3.63) is 34.1 Å². The largest absolute Gasteiger partial charge is 0.490 e. The SMILES string of the molecule is O=C(O)C(F)(F)F.O=C(O)C1CCN(c2nc(-c3ccc(Br)cc3)cs2)CC1. The minimum atomic E-state index is -5.08. The number of nitrogens with zero attached hydrogens (tertiary/aromatic N) is 2. The quantitative estimate of drug-likeness (QED) is 0.671. The molecule has 0 amide bonds. The van der Waals surface area contributed by atoms with Gasteiger partial charge in [0, 0.05) is 28.5 Å². The summed E-state index contributed by atoms with van der Waals surface area (Å²) in [5, 5.41) is 19.2. The summed E-state index contributed by atoms with van der Waals surface area (Å²) in [6, 6.07) is 8.10. The number of aromatic nitrogens is 1. The number of hydrogen-bond acceptors (Lipinski definition) is 5. The van der Waals surface area contributed by atoms with Crippen LogP contribution in [0.25, 0.3) is 11.3 Å². The average molecular weight is 481 g/mol. The molecule has 1 fully saturated rings. The van der Waals surface area contributed by atoms with Crippen LogP contribution in [0.2, 0.25) is 0 Å². The van der Waals surface area contributed by atoms with Gasteiger partial charge in [0.05, 0.1) is 11.6 Å². The molecule has 6 nitrogen and oxygen atoms in total. The summed E-state index contributed by atoms with van der Waals surface area (Å²) in [5.74, 6) is -3.64. The number of carbonyl (C=O) groups is 2. The molecule has 2 N–H and O–H groups in total. The first-order chi connectivity index (χ1) is 13.1. The van der Waals surface area contributed by atoms with Crippen molar-refractivity contribution in [1.29, 1.82) is 0 Å². The lowest BCUT2D eigenvalue weighted by Crippen LogP contribution is -2.36. The van der Waals surface area contributed by atoms with Crippen molar-refractivity contribution in [3.63, 3.8) is 0 Å². The predicted molar refractivity (Wildman–Crippen MR) is 102 cm³/mol. The number of thiazole rings is 1. The van der Waals surface area contributed by atoms with Gasteiger partial charge in [-0.1, -0.05) is 28.1 Å². The summed E-state index contributed by atoms with van der Waals surface area (Å²) in [4.78, 5) is 26.7. The molecular weight excluding hydrogens is 465 g/mol. The van der Waals surface area contributed by atoms with Gasteiger partial charge in [-0.2, -0.15) is 13.2 Å². The first-order valence-corrected chi connectivity index (χ1v) is 9.74. The third-order valence-corrected chi connectivity index (χ3v) is 5.42. The molecule has 11 heteroatoms. The van der Waals surface area contributed by atoms with Crippen LogP contribution in [0.4, 0.5) is 18.3 Å². The van der Waals surface area contributed by atoms with Crippen molar-refractivity contribution < 1.29 is 33.0 Å². The molecule has 0 unspecified atom stereocenters. The molecule has 0 bridgehead atoms. The molecule has 1 aromatic carbocycles. The molecule has 0 spiro atoms. The highest BCUT2D eigenvalue weighted by Crippen LogP contribution is 2.30. The summed E-state index contributed by atoms with van der Waals surface area (Å²) in [7, 11) is 0. The van der Waals surface area contributed by atoms with E-state index in [0.29, 0.717) is 12.8 Å². The fourth-order valence-electron chi connectivity index (χ4n) is 2.48. The number of piperidine rings is 1. The van der Waals surface area contributed by atoms with E-state index < -0.39 is 18.1 Å². The lowest BCUT2D eigenvalue weighted by molar-refractivity contribution is -0.192. The lowest BCUT2D eigenvalue weighted by atomic mass is 9.98. The number of aliphatic carboxylic acids is 2.